The van der Waals surface area contributed by atoms with Crippen molar-refractivity contribution in [2.45, 2.75) is 68.7 Å². The molecule has 0 spiro atoms. The summed E-state index contributed by atoms with van der Waals surface area (Å²) in [5.74, 6) is 1.00. The molecule has 3 aliphatic rings. The number of pyridine rings is 1. The lowest BCUT2D eigenvalue weighted by Gasteiger charge is -2.34. The van der Waals surface area contributed by atoms with E-state index in [1.54, 1.807) is 18.2 Å². The number of fused-ring (bicyclic) bond motifs is 1. The number of nitrogens with zero attached hydrogens (tertiary/aromatic N) is 3. The molecule has 1 amide bonds. The van der Waals surface area contributed by atoms with Crippen LogP contribution in [0.25, 0.3) is 10.9 Å². The summed E-state index contributed by atoms with van der Waals surface area (Å²) in [5.41, 5.74) is 0.759. The Hall–Kier alpha value is -2.23. The molecule has 1 saturated carbocycles. The average Bonchev–Trinajstić information content (AvgIpc) is 2.90. The molecule has 0 bridgehead atoms. The molecule has 1 aliphatic carbocycles. The standard InChI is InChI=1S/C27H38N4O4S/c32-27(28-23-8-4-2-1-3-5-9-23)22-7-6-14-30(20-22)26-13-10-21-19-24(11-12-25(21)29-26)36(33,34)31-15-17-35-18-16-31/h10-13,19,22-23H,1-9,14-18,20H2,(H,28,32)/t22-/m1/s1. The lowest BCUT2D eigenvalue weighted by atomic mass is 9.94. The Morgan fingerprint density at radius 1 is 0.917 bits per heavy atom. The van der Waals surface area contributed by atoms with Crippen LogP contribution >= 0.6 is 0 Å². The SMILES string of the molecule is O=C(NC1CCCCCCC1)[C@@H]1CCCN(c2ccc3cc(S(=O)(=O)N4CCOCC4)ccc3n2)C1. The van der Waals surface area contributed by atoms with Gasteiger partial charge >= 0.3 is 0 Å². The van der Waals surface area contributed by atoms with Crippen LogP contribution in [0.1, 0.15) is 57.8 Å². The smallest absolute Gasteiger partial charge is 0.243 e. The molecule has 2 aromatic rings. The van der Waals surface area contributed by atoms with Gasteiger partial charge in [0.05, 0.1) is 29.5 Å². The molecule has 1 aromatic carbocycles. The number of amides is 1. The fraction of sp³-hybridized carbons (Fsp3) is 0.630. The first-order valence-corrected chi connectivity index (χ1v) is 15.0. The van der Waals surface area contributed by atoms with Crippen LogP contribution < -0.4 is 10.2 Å². The van der Waals surface area contributed by atoms with E-state index < -0.39 is 10.0 Å². The van der Waals surface area contributed by atoms with E-state index in [1.807, 2.05) is 12.1 Å². The first-order valence-electron chi connectivity index (χ1n) is 13.5. The minimum absolute atomic E-state index is 0.0253. The van der Waals surface area contributed by atoms with Gasteiger partial charge in [-0.15, -0.1) is 0 Å². The highest BCUT2D eigenvalue weighted by atomic mass is 32.2. The molecule has 1 N–H and O–H groups in total. The van der Waals surface area contributed by atoms with Gasteiger partial charge in [0.1, 0.15) is 5.82 Å². The van der Waals surface area contributed by atoms with E-state index in [-0.39, 0.29) is 16.7 Å². The number of hydrogen-bond acceptors (Lipinski definition) is 6. The molecule has 5 rings (SSSR count). The third-order valence-corrected chi connectivity index (χ3v) is 9.72. The van der Waals surface area contributed by atoms with Gasteiger partial charge < -0.3 is 15.0 Å². The Kier molecular flexibility index (Phi) is 8.08. The highest BCUT2D eigenvalue weighted by molar-refractivity contribution is 7.89. The van der Waals surface area contributed by atoms with Crippen molar-refractivity contribution >= 4 is 32.7 Å². The zero-order chi connectivity index (χ0) is 25.0. The van der Waals surface area contributed by atoms with E-state index in [1.165, 1.54) is 36.4 Å². The minimum Gasteiger partial charge on any atom is -0.379 e. The maximum Gasteiger partial charge on any atom is 0.243 e. The summed E-state index contributed by atoms with van der Waals surface area (Å²) in [7, 11) is -3.55. The zero-order valence-electron chi connectivity index (χ0n) is 21.0. The van der Waals surface area contributed by atoms with Gasteiger partial charge in [-0.3, -0.25) is 4.79 Å². The Morgan fingerprint density at radius 3 is 2.44 bits per heavy atom. The van der Waals surface area contributed by atoms with Crippen LogP contribution in [0.3, 0.4) is 0 Å². The van der Waals surface area contributed by atoms with Crippen LogP contribution in [0.2, 0.25) is 0 Å². The van der Waals surface area contributed by atoms with Crippen LogP contribution in [0.15, 0.2) is 35.2 Å². The molecule has 0 unspecified atom stereocenters. The van der Waals surface area contributed by atoms with Gasteiger partial charge in [-0.2, -0.15) is 4.31 Å². The summed E-state index contributed by atoms with van der Waals surface area (Å²) in [6, 6.07) is 9.34. The average molecular weight is 515 g/mol. The molecule has 2 aliphatic heterocycles. The van der Waals surface area contributed by atoms with Crippen LogP contribution in [0, 0.1) is 5.92 Å². The minimum atomic E-state index is -3.55. The fourth-order valence-electron chi connectivity index (χ4n) is 5.68. The summed E-state index contributed by atoms with van der Waals surface area (Å²) in [6.07, 6.45) is 10.3. The number of sulfonamides is 1. The van der Waals surface area contributed by atoms with Crippen molar-refractivity contribution in [3.05, 3.63) is 30.3 Å². The number of hydrogen-bond donors (Lipinski definition) is 1. The number of ether oxygens (including phenoxy) is 1. The lowest BCUT2D eigenvalue weighted by molar-refractivity contribution is -0.126. The summed E-state index contributed by atoms with van der Waals surface area (Å²) in [5, 5.41) is 4.15. The van der Waals surface area contributed by atoms with Crippen LogP contribution in [-0.4, -0.2) is 69.0 Å². The summed E-state index contributed by atoms with van der Waals surface area (Å²) < 4.78 is 32.8. The van der Waals surface area contributed by atoms with Gasteiger partial charge in [-0.1, -0.05) is 32.1 Å². The van der Waals surface area contributed by atoms with Crippen molar-refractivity contribution < 1.29 is 17.9 Å². The van der Waals surface area contributed by atoms with E-state index in [9.17, 15) is 13.2 Å². The van der Waals surface area contributed by atoms with Crippen LogP contribution in [-0.2, 0) is 19.6 Å². The molecular formula is C27H38N4O4S. The Bertz CT molecular complexity index is 1160. The van der Waals surface area contributed by atoms with Crippen molar-refractivity contribution in [1.29, 1.82) is 0 Å². The highest BCUT2D eigenvalue weighted by Crippen LogP contribution is 2.27. The number of morpholine rings is 1. The number of piperidine rings is 1. The lowest BCUT2D eigenvalue weighted by Crippen LogP contribution is -2.46. The largest absolute Gasteiger partial charge is 0.379 e. The maximum atomic E-state index is 13.1. The number of benzene rings is 1. The Balaban J connectivity index is 1.26. The number of aromatic nitrogens is 1. The van der Waals surface area contributed by atoms with E-state index in [0.29, 0.717) is 38.9 Å². The summed E-state index contributed by atoms with van der Waals surface area (Å²) >= 11 is 0. The van der Waals surface area contributed by atoms with Crippen molar-refractivity contribution in [2.75, 3.05) is 44.3 Å². The van der Waals surface area contributed by atoms with Gasteiger partial charge in [-0.05, 0) is 56.0 Å². The van der Waals surface area contributed by atoms with E-state index in [0.717, 1.165) is 48.9 Å². The molecule has 3 heterocycles. The van der Waals surface area contributed by atoms with Gasteiger partial charge in [0, 0.05) is 37.6 Å². The van der Waals surface area contributed by atoms with Crippen LogP contribution in [0.4, 0.5) is 5.82 Å². The monoisotopic (exact) mass is 514 g/mol. The molecule has 9 heteroatoms. The second kappa shape index (κ2) is 11.4. The second-order valence-electron chi connectivity index (χ2n) is 10.4. The van der Waals surface area contributed by atoms with Gasteiger partial charge in [0.2, 0.25) is 15.9 Å². The first kappa shape index (κ1) is 25.4. The predicted octanol–water partition coefficient (Wildman–Crippen LogP) is 3.70. The van der Waals surface area contributed by atoms with Crippen molar-refractivity contribution in [3.8, 4) is 0 Å². The topological polar surface area (TPSA) is 91.8 Å². The Morgan fingerprint density at radius 2 is 1.67 bits per heavy atom. The molecule has 8 nitrogen and oxygen atoms in total. The molecule has 36 heavy (non-hydrogen) atoms. The molecule has 3 fully saturated rings. The molecular weight excluding hydrogens is 476 g/mol. The summed E-state index contributed by atoms with van der Waals surface area (Å²) in [6.45, 7) is 3.14. The van der Waals surface area contributed by atoms with Crippen molar-refractivity contribution in [2.24, 2.45) is 5.92 Å². The van der Waals surface area contributed by atoms with Gasteiger partial charge in [0.25, 0.3) is 0 Å². The maximum absolute atomic E-state index is 13.1. The van der Waals surface area contributed by atoms with Crippen molar-refractivity contribution in [1.82, 2.24) is 14.6 Å². The quantitative estimate of drug-likeness (QED) is 0.654. The Labute approximate surface area is 214 Å². The molecule has 1 atom stereocenters. The zero-order valence-corrected chi connectivity index (χ0v) is 21.8. The fourth-order valence-corrected chi connectivity index (χ4v) is 7.13. The second-order valence-corrected chi connectivity index (χ2v) is 12.3. The molecule has 0 radical (unpaired) electrons. The molecule has 2 saturated heterocycles. The van der Waals surface area contributed by atoms with Crippen LogP contribution in [0.5, 0.6) is 0 Å². The normalized spacial score (nSPS) is 23.2. The molecule has 196 valence electrons. The van der Waals surface area contributed by atoms with E-state index in [4.69, 9.17) is 9.72 Å². The van der Waals surface area contributed by atoms with Crippen molar-refractivity contribution in [3.63, 3.8) is 0 Å². The molecule has 1 aromatic heterocycles. The van der Waals surface area contributed by atoms with E-state index >= 15 is 0 Å². The summed E-state index contributed by atoms with van der Waals surface area (Å²) in [4.78, 5) is 20.4. The first-order chi connectivity index (χ1) is 17.5. The number of anilines is 1. The predicted molar refractivity (Wildman–Crippen MR) is 141 cm³/mol. The van der Waals surface area contributed by atoms with Gasteiger partial charge in [-0.25, -0.2) is 13.4 Å². The third-order valence-electron chi connectivity index (χ3n) is 7.82. The third kappa shape index (κ3) is 5.84. The van der Waals surface area contributed by atoms with Gasteiger partial charge in [0.15, 0.2) is 0 Å². The van der Waals surface area contributed by atoms with E-state index in [2.05, 4.69) is 10.2 Å². The highest BCUT2D eigenvalue weighted by Gasteiger charge is 2.29. The number of rotatable bonds is 5. The number of carbonyl (C=O) groups is 1. The number of carbonyl (C=O) groups excluding carboxylic acids is 1. The number of nitrogens with one attached hydrogen (secondary N) is 1.